The highest BCUT2D eigenvalue weighted by atomic mass is 35.5. The normalized spacial score (nSPS) is 26.1. The summed E-state index contributed by atoms with van der Waals surface area (Å²) in [5, 5.41) is 6.32. The van der Waals surface area contributed by atoms with Crippen LogP contribution in [0.3, 0.4) is 0 Å². The molecule has 0 saturated heterocycles. The van der Waals surface area contributed by atoms with Crippen LogP contribution in [0.5, 0.6) is 0 Å². The quantitative estimate of drug-likeness (QED) is 0.832. The van der Waals surface area contributed by atoms with E-state index in [4.69, 9.17) is 11.6 Å². The molecule has 4 nitrogen and oxygen atoms in total. The largest absolute Gasteiger partial charge is 0.335 e. The molecular formula is C15H20ClN3O. The molecule has 1 aromatic rings. The average Bonchev–Trinajstić information content (AvgIpc) is 3.26. The number of amides is 2. The number of aromatic nitrogens is 1. The predicted octanol–water partition coefficient (Wildman–Crippen LogP) is 3.83. The molecule has 2 aliphatic carbocycles. The number of hydrogen-bond acceptors (Lipinski definition) is 2. The van der Waals surface area contributed by atoms with Gasteiger partial charge in [0.05, 0.1) is 11.9 Å². The summed E-state index contributed by atoms with van der Waals surface area (Å²) in [6.07, 6.45) is 9.14. The van der Waals surface area contributed by atoms with Crippen molar-refractivity contribution in [3.8, 4) is 0 Å². The number of halogens is 1. The summed E-state index contributed by atoms with van der Waals surface area (Å²) in [7, 11) is 0. The molecule has 2 saturated carbocycles. The first-order valence-electron chi connectivity index (χ1n) is 7.40. The monoisotopic (exact) mass is 293 g/mol. The Balaban J connectivity index is 1.49. The lowest BCUT2D eigenvalue weighted by Gasteiger charge is -2.29. The second-order valence-corrected chi connectivity index (χ2v) is 6.32. The number of rotatable bonds is 3. The van der Waals surface area contributed by atoms with Crippen LogP contribution < -0.4 is 10.6 Å². The molecule has 0 bridgehead atoms. The topological polar surface area (TPSA) is 54.0 Å². The summed E-state index contributed by atoms with van der Waals surface area (Å²) >= 11 is 5.72. The van der Waals surface area contributed by atoms with Crippen LogP contribution in [0.2, 0.25) is 5.15 Å². The van der Waals surface area contributed by atoms with E-state index in [1.165, 1.54) is 25.7 Å². The van der Waals surface area contributed by atoms with Gasteiger partial charge < -0.3 is 10.6 Å². The van der Waals surface area contributed by atoms with E-state index in [-0.39, 0.29) is 6.03 Å². The standard InChI is InChI=1S/C15H20ClN3O/c16-14-7-6-13(9-17-14)19-15(20)18-12-3-1-2-11(8-12)10-4-5-10/h6-7,9-12H,1-5,8H2,(H2,18,19,20)/t11-,12+/m0/s1. The van der Waals surface area contributed by atoms with E-state index in [1.807, 2.05) is 0 Å². The van der Waals surface area contributed by atoms with Crippen LogP contribution in [-0.2, 0) is 0 Å². The second kappa shape index (κ2) is 6.00. The highest BCUT2D eigenvalue weighted by molar-refractivity contribution is 6.29. The van der Waals surface area contributed by atoms with Gasteiger partial charge in [0.15, 0.2) is 0 Å². The Hall–Kier alpha value is -1.29. The van der Waals surface area contributed by atoms with E-state index in [2.05, 4.69) is 15.6 Å². The van der Waals surface area contributed by atoms with E-state index in [1.54, 1.807) is 18.3 Å². The van der Waals surface area contributed by atoms with Gasteiger partial charge >= 0.3 is 6.03 Å². The van der Waals surface area contributed by atoms with Crippen LogP contribution in [0.1, 0.15) is 38.5 Å². The van der Waals surface area contributed by atoms with Crippen molar-refractivity contribution < 1.29 is 4.79 Å². The number of carbonyl (C=O) groups is 1. The summed E-state index contributed by atoms with van der Waals surface area (Å²) in [5.74, 6) is 1.76. The van der Waals surface area contributed by atoms with E-state index in [0.717, 1.165) is 24.7 Å². The maximum atomic E-state index is 12.0. The fraction of sp³-hybridized carbons (Fsp3) is 0.600. The smallest absolute Gasteiger partial charge is 0.319 e. The zero-order valence-corrected chi connectivity index (χ0v) is 12.2. The SMILES string of the molecule is O=C(Nc1ccc(Cl)nc1)N[C@@H]1CCC[C@H](C2CC2)C1. The van der Waals surface area contributed by atoms with Crippen molar-refractivity contribution in [1.29, 1.82) is 0 Å². The van der Waals surface area contributed by atoms with Crippen molar-refractivity contribution in [1.82, 2.24) is 10.3 Å². The van der Waals surface area contributed by atoms with Gasteiger partial charge in [-0.1, -0.05) is 24.4 Å². The molecule has 2 aliphatic rings. The Bertz CT molecular complexity index is 473. The molecule has 2 fully saturated rings. The maximum Gasteiger partial charge on any atom is 0.319 e. The molecule has 1 aromatic heterocycles. The number of hydrogen-bond donors (Lipinski definition) is 2. The van der Waals surface area contributed by atoms with Crippen LogP contribution in [0.15, 0.2) is 18.3 Å². The summed E-state index contributed by atoms with van der Waals surface area (Å²) in [5.41, 5.74) is 0.668. The van der Waals surface area contributed by atoms with Gasteiger partial charge in [-0.05, 0) is 49.7 Å². The molecule has 5 heteroatoms. The zero-order chi connectivity index (χ0) is 13.9. The highest BCUT2D eigenvalue weighted by Crippen LogP contribution is 2.43. The van der Waals surface area contributed by atoms with E-state index in [0.29, 0.717) is 16.9 Å². The number of urea groups is 1. The Kier molecular flexibility index (Phi) is 4.10. The van der Waals surface area contributed by atoms with Gasteiger partial charge in [0, 0.05) is 6.04 Å². The molecule has 0 unspecified atom stereocenters. The van der Waals surface area contributed by atoms with E-state index >= 15 is 0 Å². The van der Waals surface area contributed by atoms with Crippen molar-refractivity contribution in [3.63, 3.8) is 0 Å². The third-order valence-corrected chi connectivity index (χ3v) is 4.55. The molecule has 1 heterocycles. The van der Waals surface area contributed by atoms with Crippen molar-refractivity contribution in [3.05, 3.63) is 23.5 Å². The van der Waals surface area contributed by atoms with Crippen molar-refractivity contribution in [2.24, 2.45) is 11.8 Å². The molecule has 20 heavy (non-hydrogen) atoms. The van der Waals surface area contributed by atoms with Gasteiger partial charge in [-0.25, -0.2) is 9.78 Å². The number of nitrogens with zero attached hydrogens (tertiary/aromatic N) is 1. The average molecular weight is 294 g/mol. The first kappa shape index (κ1) is 13.7. The minimum Gasteiger partial charge on any atom is -0.335 e. The Morgan fingerprint density at radius 3 is 2.75 bits per heavy atom. The van der Waals surface area contributed by atoms with Gasteiger partial charge in [0.2, 0.25) is 0 Å². The number of carbonyl (C=O) groups excluding carboxylic acids is 1. The van der Waals surface area contributed by atoms with E-state index < -0.39 is 0 Å². The molecule has 0 aromatic carbocycles. The zero-order valence-electron chi connectivity index (χ0n) is 11.4. The van der Waals surface area contributed by atoms with Crippen LogP contribution in [-0.4, -0.2) is 17.1 Å². The van der Waals surface area contributed by atoms with Gasteiger partial charge in [-0.15, -0.1) is 0 Å². The summed E-state index contributed by atoms with van der Waals surface area (Å²) in [6.45, 7) is 0. The lowest BCUT2D eigenvalue weighted by molar-refractivity contribution is 0.230. The van der Waals surface area contributed by atoms with Gasteiger partial charge in [0.25, 0.3) is 0 Å². The predicted molar refractivity (Wildman–Crippen MR) is 79.9 cm³/mol. The summed E-state index contributed by atoms with van der Waals surface area (Å²) in [4.78, 5) is 15.9. The van der Waals surface area contributed by atoms with Crippen molar-refractivity contribution in [2.45, 2.75) is 44.6 Å². The maximum absolute atomic E-state index is 12.0. The molecule has 0 radical (unpaired) electrons. The van der Waals surface area contributed by atoms with Crippen LogP contribution in [0.25, 0.3) is 0 Å². The number of anilines is 1. The van der Waals surface area contributed by atoms with Crippen molar-refractivity contribution >= 4 is 23.3 Å². The Labute approximate surface area is 124 Å². The lowest BCUT2D eigenvalue weighted by atomic mass is 9.83. The third kappa shape index (κ3) is 3.63. The first-order valence-corrected chi connectivity index (χ1v) is 7.77. The minimum absolute atomic E-state index is 0.143. The van der Waals surface area contributed by atoms with Gasteiger partial charge in [-0.3, -0.25) is 0 Å². The van der Waals surface area contributed by atoms with Crippen molar-refractivity contribution in [2.75, 3.05) is 5.32 Å². The first-order chi connectivity index (χ1) is 9.70. The van der Waals surface area contributed by atoms with Gasteiger partial charge in [0.1, 0.15) is 5.15 Å². The molecule has 0 aliphatic heterocycles. The lowest BCUT2D eigenvalue weighted by Crippen LogP contribution is -2.41. The van der Waals surface area contributed by atoms with Gasteiger partial charge in [-0.2, -0.15) is 0 Å². The molecule has 108 valence electrons. The molecule has 2 N–H and O–H groups in total. The molecule has 2 atom stereocenters. The highest BCUT2D eigenvalue weighted by Gasteiger charge is 2.34. The number of pyridine rings is 1. The minimum atomic E-state index is -0.143. The van der Waals surface area contributed by atoms with Crippen LogP contribution in [0.4, 0.5) is 10.5 Å². The fourth-order valence-electron chi connectivity index (χ4n) is 3.16. The van der Waals surface area contributed by atoms with E-state index in [9.17, 15) is 4.79 Å². The molecule has 3 rings (SSSR count). The Morgan fingerprint density at radius 1 is 1.20 bits per heavy atom. The Morgan fingerprint density at radius 2 is 2.05 bits per heavy atom. The van der Waals surface area contributed by atoms with Crippen LogP contribution >= 0.6 is 11.6 Å². The fourth-order valence-corrected chi connectivity index (χ4v) is 3.27. The second-order valence-electron chi connectivity index (χ2n) is 5.93. The number of nitrogens with one attached hydrogen (secondary N) is 2. The molecule has 0 spiro atoms. The summed E-state index contributed by atoms with van der Waals surface area (Å²) in [6, 6.07) is 3.59. The molecule has 2 amide bonds. The third-order valence-electron chi connectivity index (χ3n) is 4.32. The summed E-state index contributed by atoms with van der Waals surface area (Å²) < 4.78 is 0. The van der Waals surface area contributed by atoms with Crippen LogP contribution in [0, 0.1) is 11.8 Å². The molecular weight excluding hydrogens is 274 g/mol.